The fourth-order valence-electron chi connectivity index (χ4n) is 4.31. The van der Waals surface area contributed by atoms with Crippen LogP contribution in [0.25, 0.3) is 0 Å². The maximum Gasteiger partial charge on any atom is 0.309 e. The molecule has 2 unspecified atom stereocenters. The number of allylic oxidation sites excluding steroid dienone is 1. The van der Waals surface area contributed by atoms with Crippen molar-refractivity contribution in [2.75, 3.05) is 0 Å². The van der Waals surface area contributed by atoms with Crippen molar-refractivity contribution in [2.24, 2.45) is 23.2 Å². The Balaban J connectivity index is 1.97. The van der Waals surface area contributed by atoms with Crippen LogP contribution in [0.2, 0.25) is 0 Å². The largest absolute Gasteiger partial charge is 0.461 e. The van der Waals surface area contributed by atoms with E-state index in [0.29, 0.717) is 5.92 Å². The average Bonchev–Trinajstić information content (AvgIpc) is 2.50. The van der Waals surface area contributed by atoms with Gasteiger partial charge in [-0.1, -0.05) is 32.4 Å². The monoisotopic (exact) mass is 250 g/mol. The Kier molecular flexibility index (Phi) is 2.60. The van der Waals surface area contributed by atoms with Crippen molar-refractivity contribution in [1.29, 1.82) is 0 Å². The maximum atomic E-state index is 11.7. The Morgan fingerprint density at radius 1 is 1.39 bits per heavy atom. The molecule has 0 aromatic heterocycles. The van der Waals surface area contributed by atoms with Gasteiger partial charge in [-0.25, -0.2) is 0 Å². The van der Waals surface area contributed by atoms with Gasteiger partial charge in [0.15, 0.2) is 0 Å². The average molecular weight is 250 g/mol. The van der Waals surface area contributed by atoms with E-state index in [-0.39, 0.29) is 35.4 Å². The second-order valence-corrected chi connectivity index (χ2v) is 6.72. The van der Waals surface area contributed by atoms with E-state index in [1.165, 1.54) is 5.57 Å². The highest BCUT2D eigenvalue weighted by Gasteiger charge is 2.51. The highest BCUT2D eigenvalue weighted by molar-refractivity contribution is 5.75. The topological polar surface area (TPSA) is 46.5 Å². The highest BCUT2D eigenvalue weighted by Crippen LogP contribution is 2.53. The molecule has 0 spiro atoms. The number of carbonyl (C=O) groups excluding carboxylic acids is 1. The van der Waals surface area contributed by atoms with E-state index in [1.54, 1.807) is 0 Å². The van der Waals surface area contributed by atoms with Crippen molar-refractivity contribution in [3.63, 3.8) is 0 Å². The lowest BCUT2D eigenvalue weighted by Gasteiger charge is -2.47. The molecule has 1 heterocycles. The molecule has 1 aliphatic heterocycles. The van der Waals surface area contributed by atoms with Gasteiger partial charge in [-0.3, -0.25) is 4.79 Å². The smallest absolute Gasteiger partial charge is 0.309 e. The van der Waals surface area contributed by atoms with Crippen LogP contribution in [0.4, 0.5) is 0 Å². The number of carbonyl (C=O) groups is 1. The van der Waals surface area contributed by atoms with Crippen LogP contribution < -0.4 is 0 Å². The fourth-order valence-corrected chi connectivity index (χ4v) is 4.31. The van der Waals surface area contributed by atoms with E-state index in [2.05, 4.69) is 19.9 Å². The van der Waals surface area contributed by atoms with Gasteiger partial charge in [-0.2, -0.15) is 0 Å². The summed E-state index contributed by atoms with van der Waals surface area (Å²) in [4.78, 5) is 11.7. The van der Waals surface area contributed by atoms with Crippen LogP contribution >= 0.6 is 0 Å². The van der Waals surface area contributed by atoms with Gasteiger partial charge in [0.25, 0.3) is 0 Å². The van der Waals surface area contributed by atoms with E-state index >= 15 is 0 Å². The molecule has 3 heteroatoms. The van der Waals surface area contributed by atoms with Crippen LogP contribution in [0.3, 0.4) is 0 Å². The standard InChI is InChI=1S/C15H22O3/c1-8-4-10(16)6-15(3)7-13-11(5-12(8)15)9(2)14(17)18-13/h5,8-11,13,16H,4,6-7H2,1-3H3/t8-,9-,10-,11?,13?,15+/m0/s1. The van der Waals surface area contributed by atoms with Gasteiger partial charge in [-0.05, 0) is 30.6 Å². The summed E-state index contributed by atoms with van der Waals surface area (Å²) in [5, 5.41) is 9.99. The second kappa shape index (κ2) is 3.83. The first kappa shape index (κ1) is 12.2. The summed E-state index contributed by atoms with van der Waals surface area (Å²) in [6, 6.07) is 0. The molecule has 6 atom stereocenters. The van der Waals surface area contributed by atoms with Crippen LogP contribution in [0.1, 0.15) is 40.0 Å². The molecule has 18 heavy (non-hydrogen) atoms. The van der Waals surface area contributed by atoms with Gasteiger partial charge in [0, 0.05) is 5.92 Å². The molecule has 0 radical (unpaired) electrons. The Morgan fingerprint density at radius 3 is 2.83 bits per heavy atom. The molecular weight excluding hydrogens is 228 g/mol. The molecule has 0 aromatic rings. The lowest BCUT2D eigenvalue weighted by Crippen LogP contribution is -2.42. The molecule has 2 aliphatic carbocycles. The predicted molar refractivity (Wildman–Crippen MR) is 67.7 cm³/mol. The van der Waals surface area contributed by atoms with Crippen LogP contribution in [0, 0.1) is 23.2 Å². The van der Waals surface area contributed by atoms with Gasteiger partial charge in [-0.15, -0.1) is 0 Å². The number of ether oxygens (including phenoxy) is 1. The van der Waals surface area contributed by atoms with Crippen molar-refractivity contribution in [3.8, 4) is 0 Å². The number of hydrogen-bond donors (Lipinski definition) is 1. The van der Waals surface area contributed by atoms with E-state index in [0.717, 1.165) is 19.3 Å². The summed E-state index contributed by atoms with van der Waals surface area (Å²) >= 11 is 0. The predicted octanol–water partition coefficient (Wildman–Crippen LogP) is 2.29. The molecule has 2 fully saturated rings. The lowest BCUT2D eigenvalue weighted by atomic mass is 9.59. The zero-order valence-corrected chi connectivity index (χ0v) is 11.3. The first-order chi connectivity index (χ1) is 8.40. The first-order valence-electron chi connectivity index (χ1n) is 7.01. The van der Waals surface area contributed by atoms with Crippen LogP contribution in [0.15, 0.2) is 11.6 Å². The number of hydrogen-bond acceptors (Lipinski definition) is 3. The van der Waals surface area contributed by atoms with Crippen molar-refractivity contribution < 1.29 is 14.6 Å². The molecule has 3 rings (SSSR count). The third kappa shape index (κ3) is 1.63. The van der Waals surface area contributed by atoms with Crippen LogP contribution in [-0.2, 0) is 9.53 Å². The second-order valence-electron chi connectivity index (χ2n) is 6.72. The summed E-state index contributed by atoms with van der Waals surface area (Å²) in [7, 11) is 0. The summed E-state index contributed by atoms with van der Waals surface area (Å²) in [6.07, 6.45) is 4.63. The molecule has 1 saturated heterocycles. The quantitative estimate of drug-likeness (QED) is 0.530. The number of fused-ring (bicyclic) bond motifs is 2. The number of rotatable bonds is 0. The van der Waals surface area contributed by atoms with Crippen molar-refractivity contribution in [3.05, 3.63) is 11.6 Å². The third-order valence-electron chi connectivity index (χ3n) is 5.21. The molecule has 1 N–H and O–H groups in total. The van der Waals surface area contributed by atoms with Crippen molar-refractivity contribution >= 4 is 5.97 Å². The van der Waals surface area contributed by atoms with Crippen LogP contribution in [-0.4, -0.2) is 23.3 Å². The Morgan fingerprint density at radius 2 is 2.11 bits per heavy atom. The Bertz CT molecular complexity index is 414. The highest BCUT2D eigenvalue weighted by atomic mass is 16.6. The molecule has 0 bridgehead atoms. The number of esters is 1. The fraction of sp³-hybridized carbons (Fsp3) is 0.800. The molecule has 0 amide bonds. The zero-order valence-electron chi connectivity index (χ0n) is 11.3. The van der Waals surface area contributed by atoms with Crippen molar-refractivity contribution in [2.45, 2.75) is 52.2 Å². The third-order valence-corrected chi connectivity index (χ3v) is 5.21. The van der Waals surface area contributed by atoms with Crippen molar-refractivity contribution in [1.82, 2.24) is 0 Å². The van der Waals surface area contributed by atoms with Gasteiger partial charge in [0.05, 0.1) is 12.0 Å². The SMILES string of the molecule is C[C@@H]1C(=O)OC2C[C@@]3(C)C[C@@H](O)C[C@H](C)C3=CC21. The minimum atomic E-state index is -0.215. The molecule has 100 valence electrons. The summed E-state index contributed by atoms with van der Waals surface area (Å²) in [6.45, 7) is 6.37. The van der Waals surface area contributed by atoms with Gasteiger partial charge in [0.1, 0.15) is 6.10 Å². The lowest BCUT2D eigenvalue weighted by molar-refractivity contribution is -0.145. The molecule has 1 saturated carbocycles. The number of aliphatic hydroxyl groups is 1. The van der Waals surface area contributed by atoms with E-state index in [4.69, 9.17) is 4.74 Å². The normalized spacial score (nSPS) is 51.2. The Hall–Kier alpha value is -0.830. The van der Waals surface area contributed by atoms with Crippen LogP contribution in [0.5, 0.6) is 0 Å². The van der Waals surface area contributed by atoms with E-state index in [9.17, 15) is 9.90 Å². The summed E-state index contributed by atoms with van der Waals surface area (Å²) in [5.41, 5.74) is 1.46. The molecule has 3 nitrogen and oxygen atoms in total. The Labute approximate surface area is 108 Å². The number of aliphatic hydroxyl groups excluding tert-OH is 1. The minimum absolute atomic E-state index is 0.00824. The van der Waals surface area contributed by atoms with Gasteiger partial charge >= 0.3 is 5.97 Å². The summed E-state index contributed by atoms with van der Waals surface area (Å²) in [5.74, 6) is 0.601. The molecule has 0 aromatic carbocycles. The summed E-state index contributed by atoms with van der Waals surface area (Å²) < 4.78 is 5.50. The van der Waals surface area contributed by atoms with E-state index in [1.807, 2.05) is 6.92 Å². The minimum Gasteiger partial charge on any atom is -0.461 e. The van der Waals surface area contributed by atoms with Gasteiger partial charge < -0.3 is 9.84 Å². The zero-order chi connectivity index (χ0) is 13.1. The van der Waals surface area contributed by atoms with E-state index < -0.39 is 0 Å². The molecule has 3 aliphatic rings. The van der Waals surface area contributed by atoms with Gasteiger partial charge in [0.2, 0.25) is 0 Å². The molecular formula is C15H22O3. The maximum absolute atomic E-state index is 11.7. The first-order valence-corrected chi connectivity index (χ1v) is 7.01.